The number of benzene rings is 3. The lowest BCUT2D eigenvalue weighted by molar-refractivity contribution is -0.112. The Balaban J connectivity index is 1.23. The summed E-state index contributed by atoms with van der Waals surface area (Å²) < 4.78 is 14.0. The van der Waals surface area contributed by atoms with Crippen molar-refractivity contribution in [2.24, 2.45) is 0 Å². The topological polar surface area (TPSA) is 113 Å². The molecule has 232 valence electrons. The summed E-state index contributed by atoms with van der Waals surface area (Å²) in [6.07, 6.45) is 7.63. The van der Waals surface area contributed by atoms with Crippen molar-refractivity contribution in [3.8, 4) is 11.8 Å². The maximum absolute atomic E-state index is 13.2. The Hall–Kier alpha value is -4.88. The van der Waals surface area contributed by atoms with Crippen molar-refractivity contribution in [2.45, 2.75) is 31.9 Å². The molecule has 46 heavy (non-hydrogen) atoms. The molecule has 1 unspecified atom stereocenters. The number of nitrogens with one attached hydrogen (secondary N) is 3. The molecular formula is C36H33ClN6O3. The molecule has 0 saturated carbocycles. The van der Waals surface area contributed by atoms with E-state index in [1.807, 2.05) is 36.4 Å². The van der Waals surface area contributed by atoms with Crippen LogP contribution in [0.15, 0.2) is 84.7 Å². The molecule has 10 heteroatoms. The van der Waals surface area contributed by atoms with Gasteiger partial charge in [-0.3, -0.25) is 9.78 Å². The Morgan fingerprint density at radius 3 is 2.87 bits per heavy atom. The molecular weight excluding hydrogens is 600 g/mol. The molecule has 0 bridgehead atoms. The van der Waals surface area contributed by atoms with Gasteiger partial charge >= 0.3 is 0 Å². The van der Waals surface area contributed by atoms with Crippen LogP contribution in [0.4, 0.5) is 17.1 Å². The molecule has 4 heterocycles. The second kappa shape index (κ2) is 13.2. The molecule has 1 amide bonds. The van der Waals surface area contributed by atoms with Crippen molar-refractivity contribution in [3.05, 3.63) is 101 Å². The van der Waals surface area contributed by atoms with Gasteiger partial charge in [0, 0.05) is 64.5 Å². The van der Waals surface area contributed by atoms with Crippen LogP contribution in [0.1, 0.15) is 30.4 Å². The largest absolute Gasteiger partial charge is 0.486 e. The number of ether oxygens (including phenoxy) is 2. The number of nitrogens with zero attached hydrogens (tertiary/aromatic N) is 3. The average molecular weight is 633 g/mol. The zero-order valence-corrected chi connectivity index (χ0v) is 25.9. The molecule has 2 aliphatic heterocycles. The first-order valence-corrected chi connectivity index (χ1v) is 15.8. The molecule has 0 aliphatic carbocycles. The molecule has 0 radical (unpaired) electrons. The van der Waals surface area contributed by atoms with Crippen molar-refractivity contribution in [3.63, 3.8) is 0 Å². The van der Waals surface area contributed by atoms with E-state index in [0.29, 0.717) is 58.4 Å². The molecule has 5 aromatic rings. The Morgan fingerprint density at radius 2 is 2.07 bits per heavy atom. The zero-order valence-electron chi connectivity index (χ0n) is 25.2. The number of fused-ring (bicyclic) bond motifs is 2. The van der Waals surface area contributed by atoms with Crippen LogP contribution in [-0.2, 0) is 16.1 Å². The summed E-state index contributed by atoms with van der Waals surface area (Å²) in [5.74, 6) is 0.307. The van der Waals surface area contributed by atoms with Crippen LogP contribution in [0.2, 0.25) is 5.02 Å². The van der Waals surface area contributed by atoms with Crippen LogP contribution in [-0.4, -0.2) is 47.9 Å². The first-order chi connectivity index (χ1) is 22.5. The Bertz CT molecular complexity index is 2000. The van der Waals surface area contributed by atoms with Crippen LogP contribution < -0.4 is 20.7 Å². The average Bonchev–Trinajstić information content (AvgIpc) is 3.72. The minimum Gasteiger partial charge on any atom is -0.486 e. The first-order valence-electron chi connectivity index (χ1n) is 15.5. The highest BCUT2D eigenvalue weighted by Gasteiger charge is 2.22. The molecule has 2 fully saturated rings. The fourth-order valence-corrected chi connectivity index (χ4v) is 6.27. The number of piperidine rings is 1. The van der Waals surface area contributed by atoms with Gasteiger partial charge in [0.05, 0.1) is 35.7 Å². The molecule has 2 aromatic heterocycles. The highest BCUT2D eigenvalue weighted by atomic mass is 35.5. The summed E-state index contributed by atoms with van der Waals surface area (Å²) in [5.41, 5.74) is 6.27. The lowest BCUT2D eigenvalue weighted by Crippen LogP contribution is -2.24. The van der Waals surface area contributed by atoms with E-state index < -0.39 is 0 Å². The molecule has 3 aromatic carbocycles. The van der Waals surface area contributed by atoms with Crippen molar-refractivity contribution >= 4 is 56.4 Å². The number of carbonyl (C=O) groups excluding carboxylic acids is 1. The van der Waals surface area contributed by atoms with Gasteiger partial charge in [0.15, 0.2) is 0 Å². The zero-order chi connectivity index (χ0) is 31.5. The standard InChI is InChI=1S/C36H33ClN6O3/c37-27-3-1-2-24(14-27)21-43-12-8-25-16-28(4-5-33(25)43)41-36-26(19-38)20-40-31-18-34(46-29-9-13-45-22-29)32(17-30(31)36)42-35(44)15-23-6-10-39-11-7-23/h1-5,8,12,14-18,20,29,39H,6-7,9-11,13,21-22H2,(H,40,41)(H,42,44). The van der Waals surface area contributed by atoms with Gasteiger partial charge in [-0.2, -0.15) is 5.26 Å². The minimum atomic E-state index is -0.213. The van der Waals surface area contributed by atoms with Crippen molar-refractivity contribution in [1.29, 1.82) is 5.26 Å². The Labute approximate surface area is 271 Å². The van der Waals surface area contributed by atoms with Crippen LogP contribution >= 0.6 is 11.6 Å². The number of aromatic nitrogens is 2. The summed E-state index contributed by atoms with van der Waals surface area (Å²) in [7, 11) is 0. The highest BCUT2D eigenvalue weighted by molar-refractivity contribution is 6.30. The summed E-state index contributed by atoms with van der Waals surface area (Å²) in [4.78, 5) is 17.8. The maximum Gasteiger partial charge on any atom is 0.248 e. The monoisotopic (exact) mass is 632 g/mol. The second-order valence-corrected chi connectivity index (χ2v) is 12.1. The lowest BCUT2D eigenvalue weighted by Gasteiger charge is -2.19. The van der Waals surface area contributed by atoms with E-state index in [1.165, 1.54) is 0 Å². The number of hydrogen-bond acceptors (Lipinski definition) is 7. The molecule has 3 N–H and O–H groups in total. The minimum absolute atomic E-state index is 0.121. The van der Waals surface area contributed by atoms with Gasteiger partial charge in [-0.05, 0) is 74.0 Å². The number of hydrogen-bond donors (Lipinski definition) is 3. The molecule has 0 spiro atoms. The van der Waals surface area contributed by atoms with Crippen LogP contribution in [0, 0.1) is 11.3 Å². The first kappa shape index (κ1) is 29.8. The second-order valence-electron chi connectivity index (χ2n) is 11.6. The van der Waals surface area contributed by atoms with E-state index in [4.69, 9.17) is 21.1 Å². The number of halogens is 1. The van der Waals surface area contributed by atoms with Crippen molar-refractivity contribution in [1.82, 2.24) is 14.9 Å². The summed E-state index contributed by atoms with van der Waals surface area (Å²) in [6.45, 7) is 3.54. The highest BCUT2D eigenvalue weighted by Crippen LogP contribution is 2.37. The van der Waals surface area contributed by atoms with Gasteiger partial charge in [0.1, 0.15) is 17.9 Å². The molecule has 7 rings (SSSR count). The third-order valence-electron chi connectivity index (χ3n) is 8.39. The number of rotatable bonds is 8. The van der Waals surface area contributed by atoms with Gasteiger partial charge in [-0.25, -0.2) is 0 Å². The van der Waals surface area contributed by atoms with Crippen molar-refractivity contribution in [2.75, 3.05) is 36.9 Å². The number of amides is 1. The lowest BCUT2D eigenvalue weighted by atomic mass is 10.0. The SMILES string of the molecule is N#Cc1cnc2cc(OC3CCOC3)c(NC(=O)C=C3CCNCC3)cc2c1Nc1ccc2c(ccn2Cc2cccc(Cl)c2)c1. The smallest absolute Gasteiger partial charge is 0.248 e. The third kappa shape index (κ3) is 6.56. The third-order valence-corrected chi connectivity index (χ3v) is 8.63. The van der Waals surface area contributed by atoms with Crippen LogP contribution in [0.5, 0.6) is 5.75 Å². The summed E-state index contributed by atoms with van der Waals surface area (Å²) >= 11 is 6.21. The van der Waals surface area contributed by atoms with E-state index in [-0.39, 0.29) is 12.0 Å². The maximum atomic E-state index is 13.2. The van der Waals surface area contributed by atoms with E-state index in [2.05, 4.69) is 62.0 Å². The predicted octanol–water partition coefficient (Wildman–Crippen LogP) is 6.92. The molecule has 1 atom stereocenters. The Kier molecular flexibility index (Phi) is 8.57. The molecule has 9 nitrogen and oxygen atoms in total. The van der Waals surface area contributed by atoms with E-state index in [1.54, 1.807) is 12.3 Å². The van der Waals surface area contributed by atoms with E-state index >= 15 is 0 Å². The van der Waals surface area contributed by atoms with E-state index in [9.17, 15) is 10.1 Å². The van der Waals surface area contributed by atoms with Gasteiger partial charge in [-0.1, -0.05) is 29.3 Å². The predicted molar refractivity (Wildman–Crippen MR) is 181 cm³/mol. The van der Waals surface area contributed by atoms with Crippen LogP contribution in [0.3, 0.4) is 0 Å². The quantitative estimate of drug-likeness (QED) is 0.159. The summed E-state index contributed by atoms with van der Waals surface area (Å²) in [5, 5.41) is 22.4. The van der Waals surface area contributed by atoms with Gasteiger partial charge in [0.25, 0.3) is 0 Å². The number of pyridine rings is 1. The number of anilines is 3. The normalized spacial score (nSPS) is 16.3. The Morgan fingerprint density at radius 1 is 1.17 bits per heavy atom. The van der Waals surface area contributed by atoms with Crippen molar-refractivity contribution < 1.29 is 14.3 Å². The molecule has 2 saturated heterocycles. The molecule has 2 aliphatic rings. The van der Waals surface area contributed by atoms with E-state index in [0.717, 1.165) is 60.1 Å². The fourth-order valence-electron chi connectivity index (χ4n) is 6.06. The summed E-state index contributed by atoms with van der Waals surface area (Å²) in [6, 6.07) is 22.0. The number of nitriles is 1. The number of carbonyl (C=O) groups is 1. The van der Waals surface area contributed by atoms with Gasteiger partial charge in [0.2, 0.25) is 5.91 Å². The van der Waals surface area contributed by atoms with Crippen LogP contribution in [0.25, 0.3) is 21.8 Å². The van der Waals surface area contributed by atoms with Gasteiger partial charge in [-0.15, -0.1) is 0 Å². The fraction of sp³-hybridized carbons (Fsp3) is 0.250. The van der Waals surface area contributed by atoms with Gasteiger partial charge < -0.3 is 30.0 Å².